The summed E-state index contributed by atoms with van der Waals surface area (Å²) in [6, 6.07) is 8.46. The van der Waals surface area contributed by atoms with Gasteiger partial charge in [-0.25, -0.2) is 4.79 Å². The minimum atomic E-state index is -0.933. The molecule has 0 aliphatic rings. The lowest BCUT2D eigenvalue weighted by atomic mass is 10.2. The Kier molecular flexibility index (Phi) is 3.35. The van der Waals surface area contributed by atoms with Crippen molar-refractivity contribution in [1.29, 1.82) is 5.26 Å². The van der Waals surface area contributed by atoms with Gasteiger partial charge in [0.15, 0.2) is 0 Å². The van der Waals surface area contributed by atoms with E-state index in [-0.39, 0.29) is 5.56 Å². The van der Waals surface area contributed by atoms with E-state index in [0.717, 1.165) is 4.90 Å². The van der Waals surface area contributed by atoms with Gasteiger partial charge in [0.1, 0.15) is 0 Å². The lowest BCUT2D eigenvalue weighted by Crippen LogP contribution is -1.94. The van der Waals surface area contributed by atoms with Crippen molar-refractivity contribution in [1.82, 2.24) is 0 Å². The van der Waals surface area contributed by atoms with E-state index in [0.29, 0.717) is 5.75 Å². The molecule has 1 aromatic rings. The van der Waals surface area contributed by atoms with Crippen molar-refractivity contribution in [2.24, 2.45) is 0 Å². The van der Waals surface area contributed by atoms with Crippen molar-refractivity contribution in [2.45, 2.75) is 4.90 Å². The Balaban J connectivity index is 2.71. The van der Waals surface area contributed by atoms with Crippen molar-refractivity contribution in [3.63, 3.8) is 0 Å². The van der Waals surface area contributed by atoms with E-state index in [9.17, 15) is 4.79 Å². The van der Waals surface area contributed by atoms with Crippen LogP contribution in [0, 0.1) is 11.3 Å². The number of carboxylic acids is 1. The highest BCUT2D eigenvalue weighted by atomic mass is 32.2. The molecule has 0 saturated heterocycles. The predicted molar refractivity (Wildman–Crippen MR) is 49.7 cm³/mol. The molecule has 4 heteroatoms. The van der Waals surface area contributed by atoms with Crippen LogP contribution in [0.15, 0.2) is 29.2 Å². The van der Waals surface area contributed by atoms with Crippen LogP contribution in [-0.4, -0.2) is 16.8 Å². The third kappa shape index (κ3) is 2.80. The number of nitriles is 1. The third-order valence-corrected chi connectivity index (χ3v) is 2.28. The van der Waals surface area contributed by atoms with Gasteiger partial charge in [0.05, 0.1) is 17.4 Å². The summed E-state index contributed by atoms with van der Waals surface area (Å²) in [5, 5.41) is 16.9. The number of aromatic carboxylic acids is 1. The van der Waals surface area contributed by atoms with Crippen LogP contribution in [0.3, 0.4) is 0 Å². The molecule has 13 heavy (non-hydrogen) atoms. The zero-order chi connectivity index (χ0) is 9.68. The van der Waals surface area contributed by atoms with Gasteiger partial charge in [0.25, 0.3) is 0 Å². The van der Waals surface area contributed by atoms with Crippen molar-refractivity contribution in [3.8, 4) is 6.07 Å². The molecular formula is C9H7NO2S. The van der Waals surface area contributed by atoms with E-state index < -0.39 is 5.97 Å². The first-order chi connectivity index (χ1) is 6.24. The van der Waals surface area contributed by atoms with Gasteiger partial charge in [0, 0.05) is 4.90 Å². The molecule has 0 saturated carbocycles. The number of hydrogen-bond donors (Lipinski definition) is 1. The smallest absolute Gasteiger partial charge is 0.335 e. The molecule has 66 valence electrons. The van der Waals surface area contributed by atoms with E-state index >= 15 is 0 Å². The Morgan fingerprint density at radius 3 is 2.54 bits per heavy atom. The van der Waals surface area contributed by atoms with Gasteiger partial charge in [-0.1, -0.05) is 0 Å². The van der Waals surface area contributed by atoms with Gasteiger partial charge >= 0.3 is 5.97 Å². The first kappa shape index (κ1) is 9.62. The van der Waals surface area contributed by atoms with E-state index in [1.807, 2.05) is 6.07 Å². The highest BCUT2D eigenvalue weighted by Crippen LogP contribution is 2.17. The predicted octanol–water partition coefficient (Wildman–Crippen LogP) is 2.00. The Hall–Kier alpha value is -1.47. The highest BCUT2D eigenvalue weighted by molar-refractivity contribution is 7.99. The fourth-order valence-electron chi connectivity index (χ4n) is 0.809. The van der Waals surface area contributed by atoms with Gasteiger partial charge in [-0.2, -0.15) is 5.26 Å². The fourth-order valence-corrected chi connectivity index (χ4v) is 1.37. The number of carbonyl (C=O) groups is 1. The number of rotatable bonds is 3. The van der Waals surface area contributed by atoms with Gasteiger partial charge in [-0.3, -0.25) is 0 Å². The maximum Gasteiger partial charge on any atom is 0.335 e. The van der Waals surface area contributed by atoms with Crippen LogP contribution in [0.4, 0.5) is 0 Å². The van der Waals surface area contributed by atoms with Crippen LogP contribution in [-0.2, 0) is 0 Å². The molecule has 0 atom stereocenters. The van der Waals surface area contributed by atoms with Crippen LogP contribution in [0.1, 0.15) is 10.4 Å². The summed E-state index contributed by atoms with van der Waals surface area (Å²) >= 11 is 1.39. The summed E-state index contributed by atoms with van der Waals surface area (Å²) in [6.45, 7) is 0. The molecule has 1 N–H and O–H groups in total. The quantitative estimate of drug-likeness (QED) is 0.746. The van der Waals surface area contributed by atoms with Crippen molar-refractivity contribution in [2.75, 3.05) is 5.75 Å². The molecule has 0 aliphatic carbocycles. The average Bonchev–Trinajstić information content (AvgIpc) is 2.15. The largest absolute Gasteiger partial charge is 0.478 e. The molecule has 0 bridgehead atoms. The van der Waals surface area contributed by atoms with E-state index in [2.05, 4.69) is 0 Å². The second-order valence-corrected chi connectivity index (χ2v) is 3.33. The molecule has 0 unspecified atom stereocenters. The zero-order valence-corrected chi connectivity index (χ0v) is 7.54. The summed E-state index contributed by atoms with van der Waals surface area (Å²) < 4.78 is 0. The molecule has 1 rings (SSSR count). The van der Waals surface area contributed by atoms with E-state index in [1.165, 1.54) is 23.9 Å². The number of nitrogens with zero attached hydrogens (tertiary/aromatic N) is 1. The van der Waals surface area contributed by atoms with Crippen LogP contribution in [0.25, 0.3) is 0 Å². The lowest BCUT2D eigenvalue weighted by molar-refractivity contribution is 0.0697. The minimum Gasteiger partial charge on any atom is -0.478 e. The number of carboxylic acid groups (broad SMARTS) is 1. The average molecular weight is 193 g/mol. The first-order valence-corrected chi connectivity index (χ1v) is 4.55. The molecule has 0 amide bonds. The molecule has 0 heterocycles. The first-order valence-electron chi connectivity index (χ1n) is 3.57. The maximum atomic E-state index is 10.5. The standard InChI is InChI=1S/C9H7NO2S/c10-5-6-13-8-3-1-7(2-4-8)9(11)12/h1-4H,6H2,(H,11,12). The molecule has 3 nitrogen and oxygen atoms in total. The van der Waals surface area contributed by atoms with Crippen LogP contribution >= 0.6 is 11.8 Å². The number of thioether (sulfide) groups is 1. The Bertz CT molecular complexity index is 340. The summed E-state index contributed by atoms with van der Waals surface area (Å²) in [4.78, 5) is 11.4. The van der Waals surface area contributed by atoms with Crippen LogP contribution in [0.5, 0.6) is 0 Å². The lowest BCUT2D eigenvalue weighted by Gasteiger charge is -1.97. The molecular weight excluding hydrogens is 186 g/mol. The number of hydrogen-bond acceptors (Lipinski definition) is 3. The molecule has 0 radical (unpaired) electrons. The minimum absolute atomic E-state index is 0.265. The fraction of sp³-hybridized carbons (Fsp3) is 0.111. The van der Waals surface area contributed by atoms with E-state index in [1.54, 1.807) is 12.1 Å². The van der Waals surface area contributed by atoms with Crippen molar-refractivity contribution < 1.29 is 9.90 Å². The van der Waals surface area contributed by atoms with Crippen LogP contribution < -0.4 is 0 Å². The van der Waals surface area contributed by atoms with Crippen LogP contribution in [0.2, 0.25) is 0 Å². The van der Waals surface area contributed by atoms with Gasteiger partial charge in [-0.05, 0) is 24.3 Å². The van der Waals surface area contributed by atoms with Gasteiger partial charge in [0.2, 0.25) is 0 Å². The monoisotopic (exact) mass is 193 g/mol. The molecule has 0 spiro atoms. The second kappa shape index (κ2) is 4.53. The zero-order valence-electron chi connectivity index (χ0n) is 6.73. The van der Waals surface area contributed by atoms with Crippen molar-refractivity contribution in [3.05, 3.63) is 29.8 Å². The summed E-state index contributed by atoms with van der Waals surface area (Å²) in [7, 11) is 0. The SMILES string of the molecule is N#CCSc1ccc(C(=O)O)cc1. The summed E-state index contributed by atoms with van der Waals surface area (Å²) in [5.74, 6) is -0.552. The molecule has 0 aromatic heterocycles. The normalized spacial score (nSPS) is 9.15. The second-order valence-electron chi connectivity index (χ2n) is 2.28. The third-order valence-electron chi connectivity index (χ3n) is 1.40. The Morgan fingerprint density at radius 2 is 2.08 bits per heavy atom. The molecule has 1 aromatic carbocycles. The Morgan fingerprint density at radius 1 is 1.46 bits per heavy atom. The molecule has 0 fully saturated rings. The molecule has 0 aliphatic heterocycles. The van der Waals surface area contributed by atoms with E-state index in [4.69, 9.17) is 10.4 Å². The summed E-state index contributed by atoms with van der Waals surface area (Å²) in [6.07, 6.45) is 0. The topological polar surface area (TPSA) is 61.1 Å². The number of benzene rings is 1. The highest BCUT2D eigenvalue weighted by Gasteiger charge is 2.01. The maximum absolute atomic E-state index is 10.5. The Labute approximate surface area is 80.0 Å². The summed E-state index contributed by atoms with van der Waals surface area (Å²) in [5.41, 5.74) is 0.265. The van der Waals surface area contributed by atoms with Gasteiger partial charge < -0.3 is 5.11 Å². The van der Waals surface area contributed by atoms with Gasteiger partial charge in [-0.15, -0.1) is 11.8 Å². The van der Waals surface area contributed by atoms with Crippen molar-refractivity contribution >= 4 is 17.7 Å².